The zero-order valence-corrected chi connectivity index (χ0v) is 10.1. The molecule has 0 N–H and O–H groups in total. The molecular weight excluding hydrogens is 279 g/mol. The second kappa shape index (κ2) is 5.31. The summed E-state index contributed by atoms with van der Waals surface area (Å²) in [6.07, 6.45) is 0. The minimum absolute atomic E-state index is 0.0826. The van der Waals surface area contributed by atoms with E-state index in [9.17, 15) is 23.3 Å². The lowest BCUT2D eigenvalue weighted by atomic mass is 10.3. The second-order valence-electron chi connectivity index (χ2n) is 3.55. The van der Waals surface area contributed by atoms with Crippen molar-refractivity contribution in [2.45, 2.75) is 9.79 Å². The van der Waals surface area contributed by atoms with Crippen LogP contribution >= 0.6 is 11.8 Å². The maximum Gasteiger partial charge on any atom is 0.269 e. The largest absolute Gasteiger partial charge is 0.269 e. The summed E-state index contributed by atoms with van der Waals surface area (Å²) in [5, 5.41) is 10.5. The van der Waals surface area contributed by atoms with E-state index >= 15 is 0 Å². The van der Waals surface area contributed by atoms with Gasteiger partial charge in [0.1, 0.15) is 0 Å². The topological polar surface area (TPSA) is 43.1 Å². The summed E-state index contributed by atoms with van der Waals surface area (Å²) in [7, 11) is 0. The number of non-ortho nitro benzene ring substituents is 1. The summed E-state index contributed by atoms with van der Waals surface area (Å²) in [6, 6.07) is 7.18. The summed E-state index contributed by atoms with van der Waals surface area (Å²) < 4.78 is 38.7. The van der Waals surface area contributed by atoms with Crippen molar-refractivity contribution in [1.29, 1.82) is 0 Å². The lowest BCUT2D eigenvalue weighted by molar-refractivity contribution is -0.384. The molecular formula is C12H6F3NO2S. The Morgan fingerprint density at radius 2 is 1.47 bits per heavy atom. The van der Waals surface area contributed by atoms with Crippen LogP contribution in [-0.4, -0.2) is 4.92 Å². The van der Waals surface area contributed by atoms with Crippen molar-refractivity contribution < 1.29 is 18.1 Å². The molecule has 0 saturated heterocycles. The van der Waals surface area contributed by atoms with E-state index in [2.05, 4.69) is 0 Å². The van der Waals surface area contributed by atoms with Crippen molar-refractivity contribution in [2.24, 2.45) is 0 Å². The lowest BCUT2D eigenvalue weighted by Gasteiger charge is -2.03. The zero-order valence-electron chi connectivity index (χ0n) is 9.27. The maximum atomic E-state index is 13.0. The molecule has 0 unspecified atom stereocenters. The summed E-state index contributed by atoms with van der Waals surface area (Å²) in [6.45, 7) is 0. The fraction of sp³-hybridized carbons (Fsp3) is 0. The van der Waals surface area contributed by atoms with Gasteiger partial charge in [-0.2, -0.15) is 0 Å². The predicted molar refractivity (Wildman–Crippen MR) is 63.5 cm³/mol. The van der Waals surface area contributed by atoms with Crippen molar-refractivity contribution >= 4 is 17.4 Å². The molecule has 98 valence electrons. The minimum Gasteiger partial charge on any atom is -0.258 e. The van der Waals surface area contributed by atoms with Gasteiger partial charge in [-0.05, 0) is 24.3 Å². The van der Waals surface area contributed by atoms with E-state index in [0.29, 0.717) is 4.90 Å². The van der Waals surface area contributed by atoms with Crippen molar-refractivity contribution in [3.8, 4) is 0 Å². The predicted octanol–water partition coefficient (Wildman–Crippen LogP) is 4.16. The quantitative estimate of drug-likeness (QED) is 0.483. The molecule has 0 aliphatic carbocycles. The van der Waals surface area contributed by atoms with Crippen LogP contribution in [0.3, 0.4) is 0 Å². The standard InChI is InChI=1S/C12H6F3NO2S/c13-10-5-9(6-11(14)12(10)15)19-8-3-1-7(2-4-8)16(17)18/h1-6H. The van der Waals surface area contributed by atoms with Crippen molar-refractivity contribution in [2.75, 3.05) is 0 Å². The highest BCUT2D eigenvalue weighted by Crippen LogP contribution is 2.30. The third-order valence-electron chi connectivity index (χ3n) is 2.24. The molecule has 0 bridgehead atoms. The fourth-order valence-electron chi connectivity index (χ4n) is 1.36. The van der Waals surface area contributed by atoms with Gasteiger partial charge in [-0.1, -0.05) is 11.8 Å². The highest BCUT2D eigenvalue weighted by Gasteiger charge is 2.11. The van der Waals surface area contributed by atoms with Crippen molar-refractivity contribution in [3.05, 3.63) is 64.0 Å². The van der Waals surface area contributed by atoms with Crippen LogP contribution in [0.15, 0.2) is 46.2 Å². The van der Waals surface area contributed by atoms with Crippen LogP contribution in [0.25, 0.3) is 0 Å². The van der Waals surface area contributed by atoms with Gasteiger partial charge in [-0.3, -0.25) is 10.1 Å². The number of hydrogen-bond acceptors (Lipinski definition) is 3. The molecule has 0 spiro atoms. The Balaban J connectivity index is 2.24. The Labute approximate surface area is 110 Å². The van der Waals surface area contributed by atoms with E-state index in [1.807, 2.05) is 0 Å². The van der Waals surface area contributed by atoms with Crippen molar-refractivity contribution in [1.82, 2.24) is 0 Å². The number of hydrogen-bond donors (Lipinski definition) is 0. The first-order valence-corrected chi connectivity index (χ1v) is 5.86. The van der Waals surface area contributed by atoms with Gasteiger partial charge in [0, 0.05) is 21.9 Å². The van der Waals surface area contributed by atoms with Gasteiger partial charge in [0.2, 0.25) is 0 Å². The first kappa shape index (κ1) is 13.4. The number of nitro groups is 1. The van der Waals surface area contributed by atoms with Gasteiger partial charge in [0.05, 0.1) is 4.92 Å². The highest BCUT2D eigenvalue weighted by molar-refractivity contribution is 7.99. The molecule has 0 heterocycles. The van der Waals surface area contributed by atoms with Gasteiger partial charge >= 0.3 is 0 Å². The first-order valence-electron chi connectivity index (χ1n) is 5.04. The molecule has 2 aromatic rings. The number of nitrogens with zero attached hydrogens (tertiary/aromatic N) is 1. The van der Waals surface area contributed by atoms with Crippen molar-refractivity contribution in [3.63, 3.8) is 0 Å². The first-order chi connectivity index (χ1) is 8.97. The van der Waals surface area contributed by atoms with E-state index in [4.69, 9.17) is 0 Å². The van der Waals surface area contributed by atoms with Crippen LogP contribution in [0.5, 0.6) is 0 Å². The molecule has 0 fully saturated rings. The number of halogens is 3. The van der Waals surface area contributed by atoms with E-state index in [1.165, 1.54) is 24.3 Å². The van der Waals surface area contributed by atoms with Crippen LogP contribution in [0.1, 0.15) is 0 Å². The maximum absolute atomic E-state index is 13.0. The van der Waals surface area contributed by atoms with E-state index in [0.717, 1.165) is 23.9 Å². The Morgan fingerprint density at radius 3 is 1.95 bits per heavy atom. The smallest absolute Gasteiger partial charge is 0.258 e. The SMILES string of the molecule is O=[N+]([O-])c1ccc(Sc2cc(F)c(F)c(F)c2)cc1. The van der Waals surface area contributed by atoms with Gasteiger partial charge in [-0.25, -0.2) is 13.2 Å². The molecule has 0 aliphatic heterocycles. The Kier molecular flexibility index (Phi) is 3.75. The monoisotopic (exact) mass is 285 g/mol. The third kappa shape index (κ3) is 3.05. The van der Waals surface area contributed by atoms with E-state index in [1.54, 1.807) is 0 Å². The number of benzene rings is 2. The molecule has 2 aromatic carbocycles. The summed E-state index contributed by atoms with van der Waals surface area (Å²) in [5.74, 6) is -4.07. The average molecular weight is 285 g/mol. The average Bonchev–Trinajstić information content (AvgIpc) is 2.36. The normalized spacial score (nSPS) is 10.5. The second-order valence-corrected chi connectivity index (χ2v) is 4.70. The number of nitro benzene ring substituents is 1. The summed E-state index contributed by atoms with van der Waals surface area (Å²) >= 11 is 0.976. The molecule has 0 atom stereocenters. The van der Waals surface area contributed by atoms with E-state index in [-0.39, 0.29) is 10.6 Å². The van der Waals surface area contributed by atoms with Crippen LogP contribution in [0.4, 0.5) is 18.9 Å². The zero-order chi connectivity index (χ0) is 14.0. The van der Waals surface area contributed by atoms with Gasteiger partial charge in [-0.15, -0.1) is 0 Å². The Bertz CT molecular complexity index is 608. The van der Waals surface area contributed by atoms with Crippen LogP contribution in [0.2, 0.25) is 0 Å². The van der Waals surface area contributed by atoms with Crippen LogP contribution in [0, 0.1) is 27.6 Å². The minimum atomic E-state index is -1.52. The number of rotatable bonds is 3. The Morgan fingerprint density at radius 1 is 0.947 bits per heavy atom. The molecule has 19 heavy (non-hydrogen) atoms. The molecule has 0 amide bonds. The van der Waals surface area contributed by atoms with Crippen LogP contribution in [-0.2, 0) is 0 Å². The third-order valence-corrected chi connectivity index (χ3v) is 3.22. The summed E-state index contributed by atoms with van der Waals surface area (Å²) in [4.78, 5) is 10.6. The molecule has 0 saturated carbocycles. The van der Waals surface area contributed by atoms with Gasteiger partial charge in [0.15, 0.2) is 17.5 Å². The molecule has 0 aliphatic rings. The highest BCUT2D eigenvalue weighted by atomic mass is 32.2. The molecule has 3 nitrogen and oxygen atoms in total. The molecule has 0 radical (unpaired) electrons. The van der Waals surface area contributed by atoms with Gasteiger partial charge < -0.3 is 0 Å². The molecule has 0 aromatic heterocycles. The van der Waals surface area contributed by atoms with E-state index < -0.39 is 22.4 Å². The Hall–Kier alpha value is -2.02. The molecule has 7 heteroatoms. The van der Waals surface area contributed by atoms with Crippen LogP contribution < -0.4 is 0 Å². The molecule has 2 rings (SSSR count). The summed E-state index contributed by atoms with van der Waals surface area (Å²) in [5.41, 5.74) is -0.0826. The lowest BCUT2D eigenvalue weighted by Crippen LogP contribution is -1.91. The fourth-order valence-corrected chi connectivity index (χ4v) is 2.23. The van der Waals surface area contributed by atoms with Gasteiger partial charge in [0.25, 0.3) is 5.69 Å².